The highest BCUT2D eigenvalue weighted by Crippen LogP contribution is 2.24. The molecule has 0 spiro atoms. The fourth-order valence-electron chi connectivity index (χ4n) is 2.01. The first kappa shape index (κ1) is 13.9. The van der Waals surface area contributed by atoms with Crippen LogP contribution in [0.25, 0.3) is 0 Å². The first-order valence-electron chi connectivity index (χ1n) is 5.97. The molecule has 0 saturated carbocycles. The second kappa shape index (κ2) is 5.61. The van der Waals surface area contributed by atoms with E-state index in [9.17, 15) is 9.59 Å². The van der Waals surface area contributed by atoms with Gasteiger partial charge in [-0.25, -0.2) is 0 Å². The van der Waals surface area contributed by atoms with E-state index >= 15 is 0 Å². The topological polar surface area (TPSA) is 58.6 Å². The van der Waals surface area contributed by atoms with Crippen molar-refractivity contribution in [3.8, 4) is 5.75 Å². The van der Waals surface area contributed by atoms with Gasteiger partial charge in [0.15, 0.2) is 0 Å². The molecule has 1 aromatic rings. The van der Waals surface area contributed by atoms with Gasteiger partial charge in [-0.15, -0.1) is 0 Å². The van der Waals surface area contributed by atoms with E-state index in [4.69, 9.17) is 4.74 Å². The van der Waals surface area contributed by atoms with Crippen LogP contribution in [0.4, 0.5) is 0 Å². The molecule has 6 heteroatoms. The Morgan fingerprint density at radius 2 is 2.26 bits per heavy atom. The predicted octanol–water partition coefficient (Wildman–Crippen LogP) is 1.42. The number of carbonyl (C=O) groups is 2. The lowest BCUT2D eigenvalue weighted by atomic mass is 10.1. The normalized spacial score (nSPS) is 19.0. The van der Waals surface area contributed by atoms with Gasteiger partial charge in [-0.05, 0) is 41.1 Å². The summed E-state index contributed by atoms with van der Waals surface area (Å²) in [5.74, 6) is 0.312. The fourth-order valence-corrected chi connectivity index (χ4v) is 2.43. The van der Waals surface area contributed by atoms with E-state index < -0.39 is 6.04 Å². The number of halogens is 1. The van der Waals surface area contributed by atoms with E-state index in [1.54, 1.807) is 37.1 Å². The maximum absolute atomic E-state index is 12.5. The maximum atomic E-state index is 12.5. The Hall–Kier alpha value is -1.56. The Labute approximate surface area is 120 Å². The quantitative estimate of drug-likeness (QED) is 0.894. The Kier molecular flexibility index (Phi) is 4.09. The van der Waals surface area contributed by atoms with E-state index in [0.29, 0.717) is 28.9 Å². The molecule has 2 rings (SSSR count). The van der Waals surface area contributed by atoms with Gasteiger partial charge in [0, 0.05) is 17.6 Å². The average molecular weight is 327 g/mol. The lowest BCUT2D eigenvalue weighted by molar-refractivity contribution is -0.127. The van der Waals surface area contributed by atoms with Crippen LogP contribution in [0.1, 0.15) is 17.3 Å². The minimum absolute atomic E-state index is 0.126. The molecule has 1 aliphatic rings. The molecule has 102 valence electrons. The third-order valence-electron chi connectivity index (χ3n) is 3.16. The van der Waals surface area contributed by atoms with Crippen molar-refractivity contribution in [2.24, 2.45) is 0 Å². The third kappa shape index (κ3) is 2.73. The monoisotopic (exact) mass is 326 g/mol. The van der Waals surface area contributed by atoms with Crippen molar-refractivity contribution in [3.05, 3.63) is 28.2 Å². The zero-order chi connectivity index (χ0) is 14.0. The molecule has 1 unspecified atom stereocenters. The molecular formula is C13H15BrN2O3. The SMILES string of the molecule is COc1ccc(Br)c(C(=O)N2CCNC(=O)C2C)c1. The summed E-state index contributed by atoms with van der Waals surface area (Å²) in [4.78, 5) is 25.7. The van der Waals surface area contributed by atoms with Crippen LogP contribution in [-0.4, -0.2) is 43.0 Å². The van der Waals surface area contributed by atoms with E-state index in [1.807, 2.05) is 0 Å². The van der Waals surface area contributed by atoms with Crippen LogP contribution in [0.5, 0.6) is 5.75 Å². The molecule has 0 bridgehead atoms. The minimum atomic E-state index is -0.459. The number of amides is 2. The summed E-state index contributed by atoms with van der Waals surface area (Å²) in [7, 11) is 1.55. The number of nitrogens with one attached hydrogen (secondary N) is 1. The van der Waals surface area contributed by atoms with Gasteiger partial charge >= 0.3 is 0 Å². The summed E-state index contributed by atoms with van der Waals surface area (Å²) < 4.78 is 5.82. The van der Waals surface area contributed by atoms with Gasteiger partial charge in [-0.2, -0.15) is 0 Å². The Balaban J connectivity index is 2.30. The number of hydrogen-bond acceptors (Lipinski definition) is 3. The highest BCUT2D eigenvalue weighted by atomic mass is 79.9. The number of piperazine rings is 1. The van der Waals surface area contributed by atoms with Crippen molar-refractivity contribution in [1.82, 2.24) is 10.2 Å². The smallest absolute Gasteiger partial charge is 0.255 e. The molecule has 0 aromatic heterocycles. The molecule has 1 aromatic carbocycles. The third-order valence-corrected chi connectivity index (χ3v) is 3.86. The standard InChI is InChI=1S/C13H15BrN2O3/c1-8-12(17)15-5-6-16(8)13(18)10-7-9(19-2)3-4-11(10)14/h3-4,7-8H,5-6H2,1-2H3,(H,15,17). The van der Waals surface area contributed by atoms with Gasteiger partial charge in [-0.3, -0.25) is 9.59 Å². The van der Waals surface area contributed by atoms with Crippen molar-refractivity contribution >= 4 is 27.7 Å². The highest BCUT2D eigenvalue weighted by Gasteiger charge is 2.30. The van der Waals surface area contributed by atoms with Crippen molar-refractivity contribution < 1.29 is 14.3 Å². The largest absolute Gasteiger partial charge is 0.497 e. The second-order valence-electron chi connectivity index (χ2n) is 4.31. The molecule has 1 fully saturated rings. The lowest BCUT2D eigenvalue weighted by Crippen LogP contribution is -2.55. The molecule has 1 N–H and O–H groups in total. The minimum Gasteiger partial charge on any atom is -0.497 e. The Morgan fingerprint density at radius 1 is 1.53 bits per heavy atom. The second-order valence-corrected chi connectivity index (χ2v) is 5.17. The summed E-state index contributed by atoms with van der Waals surface area (Å²) in [6, 6.07) is 4.75. The zero-order valence-corrected chi connectivity index (χ0v) is 12.4. The summed E-state index contributed by atoms with van der Waals surface area (Å²) in [5.41, 5.74) is 0.501. The van der Waals surface area contributed by atoms with Crippen molar-refractivity contribution in [2.45, 2.75) is 13.0 Å². The average Bonchev–Trinajstić information content (AvgIpc) is 2.42. The van der Waals surface area contributed by atoms with Gasteiger partial charge in [0.1, 0.15) is 11.8 Å². The van der Waals surface area contributed by atoms with E-state index in [2.05, 4.69) is 21.2 Å². The molecule has 1 atom stereocenters. The van der Waals surface area contributed by atoms with Crippen LogP contribution in [0, 0.1) is 0 Å². The zero-order valence-electron chi connectivity index (χ0n) is 10.8. The number of nitrogens with zero attached hydrogens (tertiary/aromatic N) is 1. The molecule has 1 saturated heterocycles. The molecule has 2 amide bonds. The summed E-state index contributed by atoms with van der Waals surface area (Å²) in [6.07, 6.45) is 0. The first-order valence-corrected chi connectivity index (χ1v) is 6.76. The number of ether oxygens (including phenoxy) is 1. The van der Waals surface area contributed by atoms with Crippen molar-refractivity contribution in [2.75, 3.05) is 20.2 Å². The van der Waals surface area contributed by atoms with Crippen LogP contribution in [-0.2, 0) is 4.79 Å². The van der Waals surface area contributed by atoms with Crippen LogP contribution in [0.3, 0.4) is 0 Å². The fraction of sp³-hybridized carbons (Fsp3) is 0.385. The number of hydrogen-bond donors (Lipinski definition) is 1. The number of rotatable bonds is 2. The van der Waals surface area contributed by atoms with Crippen LogP contribution in [0.15, 0.2) is 22.7 Å². The Morgan fingerprint density at radius 3 is 2.95 bits per heavy atom. The summed E-state index contributed by atoms with van der Waals surface area (Å²) in [6.45, 7) is 2.71. The molecule has 0 radical (unpaired) electrons. The number of carbonyl (C=O) groups excluding carboxylic acids is 2. The number of benzene rings is 1. The van der Waals surface area contributed by atoms with Gasteiger partial charge < -0.3 is 15.0 Å². The molecule has 5 nitrogen and oxygen atoms in total. The van der Waals surface area contributed by atoms with Gasteiger partial charge in [0.2, 0.25) is 5.91 Å². The maximum Gasteiger partial charge on any atom is 0.255 e. The van der Waals surface area contributed by atoms with E-state index in [0.717, 1.165) is 0 Å². The predicted molar refractivity (Wildman–Crippen MR) is 74.2 cm³/mol. The van der Waals surface area contributed by atoms with Crippen LogP contribution in [0.2, 0.25) is 0 Å². The Bertz CT molecular complexity index is 519. The molecule has 1 aliphatic heterocycles. The molecule has 0 aliphatic carbocycles. The van der Waals surface area contributed by atoms with Crippen molar-refractivity contribution in [3.63, 3.8) is 0 Å². The van der Waals surface area contributed by atoms with Gasteiger partial charge in [0.05, 0.1) is 12.7 Å². The first-order chi connectivity index (χ1) is 9.04. The summed E-state index contributed by atoms with van der Waals surface area (Å²) >= 11 is 3.36. The van der Waals surface area contributed by atoms with E-state index in [-0.39, 0.29) is 11.8 Å². The highest BCUT2D eigenvalue weighted by molar-refractivity contribution is 9.10. The summed E-state index contributed by atoms with van der Waals surface area (Å²) in [5, 5.41) is 2.74. The van der Waals surface area contributed by atoms with E-state index in [1.165, 1.54) is 0 Å². The van der Waals surface area contributed by atoms with Crippen LogP contribution < -0.4 is 10.1 Å². The molecule has 19 heavy (non-hydrogen) atoms. The lowest BCUT2D eigenvalue weighted by Gasteiger charge is -2.33. The molecule has 1 heterocycles. The van der Waals surface area contributed by atoms with Crippen molar-refractivity contribution in [1.29, 1.82) is 0 Å². The molecular weight excluding hydrogens is 312 g/mol. The number of methoxy groups -OCH3 is 1. The van der Waals surface area contributed by atoms with Crippen LogP contribution >= 0.6 is 15.9 Å². The van der Waals surface area contributed by atoms with Gasteiger partial charge in [0.25, 0.3) is 5.91 Å². The van der Waals surface area contributed by atoms with Gasteiger partial charge in [-0.1, -0.05) is 0 Å².